The van der Waals surface area contributed by atoms with E-state index < -0.39 is 5.97 Å². The maximum absolute atomic E-state index is 11.9. The number of hydrogen-bond donors (Lipinski definition) is 2. The molecule has 0 saturated carbocycles. The molecule has 1 aromatic heterocycles. The number of nitrogens with zero attached hydrogens (tertiary/aromatic N) is 2. The molecule has 0 aliphatic rings. The number of aromatic carboxylic acids is 1. The molecule has 0 radical (unpaired) electrons. The SMILES string of the molecule is Cc1ccccc1SCC(=O)Nc1nccnc1C(=O)O. The van der Waals surface area contributed by atoms with Gasteiger partial charge in [0, 0.05) is 17.3 Å². The van der Waals surface area contributed by atoms with E-state index in [0.29, 0.717) is 0 Å². The van der Waals surface area contributed by atoms with Crippen molar-refractivity contribution in [3.05, 3.63) is 47.9 Å². The standard InChI is InChI=1S/C14H13N3O3S/c1-9-4-2-3-5-10(9)21-8-11(18)17-13-12(14(19)20)15-6-7-16-13/h2-7H,8H2,1H3,(H,19,20)(H,16,17,18). The van der Waals surface area contributed by atoms with Gasteiger partial charge < -0.3 is 10.4 Å². The van der Waals surface area contributed by atoms with Crippen molar-refractivity contribution in [3.63, 3.8) is 0 Å². The molecule has 21 heavy (non-hydrogen) atoms. The Morgan fingerprint density at radius 1 is 1.24 bits per heavy atom. The lowest BCUT2D eigenvalue weighted by atomic mass is 10.2. The highest BCUT2D eigenvalue weighted by molar-refractivity contribution is 8.00. The largest absolute Gasteiger partial charge is 0.476 e. The van der Waals surface area contributed by atoms with Crippen molar-refractivity contribution in [2.45, 2.75) is 11.8 Å². The second kappa shape index (κ2) is 6.85. The van der Waals surface area contributed by atoms with Crippen LogP contribution in [0.3, 0.4) is 0 Å². The Labute approximate surface area is 125 Å². The second-order valence-corrected chi connectivity index (χ2v) is 5.18. The molecule has 0 atom stereocenters. The minimum Gasteiger partial charge on any atom is -0.476 e. The van der Waals surface area contributed by atoms with Gasteiger partial charge in [0.2, 0.25) is 5.91 Å². The fraction of sp³-hybridized carbons (Fsp3) is 0.143. The van der Waals surface area contributed by atoms with Gasteiger partial charge in [0.25, 0.3) is 0 Å². The summed E-state index contributed by atoms with van der Waals surface area (Å²) in [6, 6.07) is 7.72. The molecule has 7 heteroatoms. The van der Waals surface area contributed by atoms with Crippen LogP contribution >= 0.6 is 11.8 Å². The van der Waals surface area contributed by atoms with Crippen LogP contribution in [0.4, 0.5) is 5.82 Å². The number of anilines is 1. The number of carbonyl (C=O) groups excluding carboxylic acids is 1. The molecule has 2 N–H and O–H groups in total. The van der Waals surface area contributed by atoms with Crippen molar-refractivity contribution in [1.29, 1.82) is 0 Å². The van der Waals surface area contributed by atoms with E-state index in [2.05, 4.69) is 15.3 Å². The number of thioether (sulfide) groups is 1. The van der Waals surface area contributed by atoms with E-state index in [1.54, 1.807) is 0 Å². The molecule has 1 amide bonds. The number of carboxylic acid groups (broad SMARTS) is 1. The van der Waals surface area contributed by atoms with Crippen LogP contribution in [0.25, 0.3) is 0 Å². The molecule has 0 spiro atoms. The van der Waals surface area contributed by atoms with Gasteiger partial charge in [-0.1, -0.05) is 18.2 Å². The number of carbonyl (C=O) groups is 2. The molecule has 2 rings (SSSR count). The van der Waals surface area contributed by atoms with Gasteiger partial charge in [-0.2, -0.15) is 0 Å². The van der Waals surface area contributed by atoms with Crippen molar-refractivity contribution in [1.82, 2.24) is 9.97 Å². The van der Waals surface area contributed by atoms with Crippen LogP contribution in [0, 0.1) is 6.92 Å². The molecule has 0 fully saturated rings. The Balaban J connectivity index is 2.00. The van der Waals surface area contributed by atoms with Crippen LogP contribution in [0.15, 0.2) is 41.6 Å². The summed E-state index contributed by atoms with van der Waals surface area (Å²) >= 11 is 1.38. The van der Waals surface area contributed by atoms with E-state index in [1.807, 2.05) is 31.2 Å². The van der Waals surface area contributed by atoms with Crippen molar-refractivity contribution in [2.24, 2.45) is 0 Å². The molecule has 108 valence electrons. The van der Waals surface area contributed by atoms with Crippen molar-refractivity contribution < 1.29 is 14.7 Å². The summed E-state index contributed by atoms with van der Waals surface area (Å²) in [5.41, 5.74) is 0.813. The smallest absolute Gasteiger partial charge is 0.358 e. The van der Waals surface area contributed by atoms with Crippen LogP contribution in [-0.2, 0) is 4.79 Å². The van der Waals surface area contributed by atoms with Gasteiger partial charge in [-0.25, -0.2) is 14.8 Å². The molecule has 0 bridgehead atoms. The summed E-state index contributed by atoms with van der Waals surface area (Å²) in [4.78, 5) is 31.4. The summed E-state index contributed by atoms with van der Waals surface area (Å²) in [6.45, 7) is 1.96. The van der Waals surface area contributed by atoms with E-state index in [-0.39, 0.29) is 23.2 Å². The second-order valence-electron chi connectivity index (χ2n) is 4.16. The number of benzene rings is 1. The van der Waals surface area contributed by atoms with Crippen LogP contribution in [0.2, 0.25) is 0 Å². The lowest BCUT2D eigenvalue weighted by Crippen LogP contribution is -2.18. The first kappa shape index (κ1) is 15.0. The Morgan fingerprint density at radius 3 is 2.67 bits per heavy atom. The van der Waals surface area contributed by atoms with E-state index in [1.165, 1.54) is 24.2 Å². The summed E-state index contributed by atoms with van der Waals surface area (Å²) in [7, 11) is 0. The number of hydrogen-bond acceptors (Lipinski definition) is 5. The van der Waals surface area contributed by atoms with E-state index >= 15 is 0 Å². The number of rotatable bonds is 5. The fourth-order valence-corrected chi connectivity index (χ4v) is 2.45. The van der Waals surface area contributed by atoms with Gasteiger partial charge in [0.15, 0.2) is 11.5 Å². The van der Waals surface area contributed by atoms with Gasteiger partial charge in [-0.05, 0) is 18.6 Å². The Hall–Kier alpha value is -2.41. The highest BCUT2D eigenvalue weighted by atomic mass is 32.2. The van der Waals surface area contributed by atoms with Gasteiger partial charge in [0.05, 0.1) is 5.75 Å². The number of aryl methyl sites for hydroxylation is 1. The summed E-state index contributed by atoms with van der Waals surface area (Å²) in [6.07, 6.45) is 2.59. The predicted molar refractivity (Wildman–Crippen MR) is 79.5 cm³/mol. The van der Waals surface area contributed by atoms with E-state index in [4.69, 9.17) is 5.11 Å². The molecule has 6 nitrogen and oxygen atoms in total. The van der Waals surface area contributed by atoms with E-state index in [9.17, 15) is 9.59 Å². The topological polar surface area (TPSA) is 92.2 Å². The number of carboxylic acids is 1. The Morgan fingerprint density at radius 2 is 1.95 bits per heavy atom. The monoisotopic (exact) mass is 303 g/mol. The Bertz CT molecular complexity index is 676. The maximum Gasteiger partial charge on any atom is 0.358 e. The minimum atomic E-state index is -1.23. The average molecular weight is 303 g/mol. The molecule has 0 unspecified atom stereocenters. The van der Waals surface area contributed by atoms with Gasteiger partial charge in [0.1, 0.15) is 0 Å². The summed E-state index contributed by atoms with van der Waals surface area (Å²) < 4.78 is 0. The summed E-state index contributed by atoms with van der Waals surface area (Å²) in [5, 5.41) is 11.4. The Kier molecular flexibility index (Phi) is 4.89. The quantitative estimate of drug-likeness (QED) is 0.823. The first-order valence-corrected chi connectivity index (χ1v) is 7.09. The predicted octanol–water partition coefficient (Wildman–Crippen LogP) is 2.21. The van der Waals surface area contributed by atoms with Crippen LogP contribution in [0.1, 0.15) is 16.1 Å². The molecular weight excluding hydrogens is 290 g/mol. The molecule has 0 saturated heterocycles. The highest BCUT2D eigenvalue weighted by Crippen LogP contribution is 2.21. The zero-order valence-electron chi connectivity index (χ0n) is 11.2. The van der Waals surface area contributed by atoms with Gasteiger partial charge >= 0.3 is 5.97 Å². The zero-order chi connectivity index (χ0) is 15.2. The molecule has 1 heterocycles. The van der Waals surface area contributed by atoms with E-state index in [0.717, 1.165) is 10.5 Å². The molecule has 0 aliphatic heterocycles. The third-order valence-corrected chi connectivity index (χ3v) is 3.79. The molecule has 0 aliphatic carbocycles. The number of amides is 1. The number of aromatic nitrogens is 2. The third kappa shape index (κ3) is 4.03. The zero-order valence-corrected chi connectivity index (χ0v) is 12.1. The van der Waals surface area contributed by atoms with Crippen LogP contribution in [0.5, 0.6) is 0 Å². The lowest BCUT2D eigenvalue weighted by Gasteiger charge is -2.07. The number of nitrogens with one attached hydrogen (secondary N) is 1. The third-order valence-electron chi connectivity index (χ3n) is 2.61. The first-order valence-electron chi connectivity index (χ1n) is 6.10. The average Bonchev–Trinajstić information content (AvgIpc) is 2.47. The van der Waals surface area contributed by atoms with Crippen molar-refractivity contribution in [3.8, 4) is 0 Å². The minimum absolute atomic E-state index is 0.0413. The summed E-state index contributed by atoms with van der Waals surface area (Å²) in [5.74, 6) is -1.43. The highest BCUT2D eigenvalue weighted by Gasteiger charge is 2.15. The van der Waals surface area contributed by atoms with Gasteiger partial charge in [-0.15, -0.1) is 11.8 Å². The normalized spacial score (nSPS) is 10.1. The lowest BCUT2D eigenvalue weighted by molar-refractivity contribution is -0.113. The van der Waals surface area contributed by atoms with Gasteiger partial charge in [-0.3, -0.25) is 4.79 Å². The van der Waals surface area contributed by atoms with Crippen LogP contribution in [-0.4, -0.2) is 32.7 Å². The molecule has 1 aromatic carbocycles. The van der Waals surface area contributed by atoms with Crippen LogP contribution < -0.4 is 5.32 Å². The first-order chi connectivity index (χ1) is 10.1. The molecule has 2 aromatic rings. The maximum atomic E-state index is 11.9. The van der Waals surface area contributed by atoms with Crippen molar-refractivity contribution in [2.75, 3.05) is 11.1 Å². The molecular formula is C14H13N3O3S. The van der Waals surface area contributed by atoms with Crippen molar-refractivity contribution >= 4 is 29.5 Å². The fourth-order valence-electron chi connectivity index (χ4n) is 1.62.